The summed E-state index contributed by atoms with van der Waals surface area (Å²) < 4.78 is 0. The largest absolute Gasteiger partial charge is 0.350 e. The standard InChI is InChI=1S/C11H11N7O/c12-17-14-7-6-13-11(19)10-8-15-18(16-10)9-4-2-1-3-5-9/h1-5,8H,6-7H2,(H,13,19). The lowest BCUT2D eigenvalue weighted by Crippen LogP contribution is -2.26. The number of nitrogens with one attached hydrogen (secondary N) is 1. The number of carbonyl (C=O) groups excluding carboxylic acids is 1. The lowest BCUT2D eigenvalue weighted by atomic mass is 10.3. The second-order valence-corrected chi connectivity index (χ2v) is 3.57. The van der Waals surface area contributed by atoms with E-state index in [4.69, 9.17) is 5.53 Å². The van der Waals surface area contributed by atoms with Crippen LogP contribution >= 0.6 is 0 Å². The summed E-state index contributed by atoms with van der Waals surface area (Å²) >= 11 is 0. The third kappa shape index (κ3) is 3.30. The summed E-state index contributed by atoms with van der Waals surface area (Å²) in [6, 6.07) is 9.28. The summed E-state index contributed by atoms with van der Waals surface area (Å²) in [5, 5.41) is 14.0. The van der Waals surface area contributed by atoms with Crippen molar-refractivity contribution in [1.29, 1.82) is 0 Å². The first-order valence-electron chi connectivity index (χ1n) is 5.58. The van der Waals surface area contributed by atoms with Crippen LogP contribution in [0.2, 0.25) is 0 Å². The molecule has 19 heavy (non-hydrogen) atoms. The molecular weight excluding hydrogens is 246 g/mol. The van der Waals surface area contributed by atoms with Gasteiger partial charge in [-0.2, -0.15) is 9.90 Å². The van der Waals surface area contributed by atoms with E-state index in [1.165, 1.54) is 11.0 Å². The summed E-state index contributed by atoms with van der Waals surface area (Å²) in [5.74, 6) is -0.352. The maximum absolute atomic E-state index is 11.7. The highest BCUT2D eigenvalue weighted by molar-refractivity contribution is 5.91. The lowest BCUT2D eigenvalue weighted by molar-refractivity contribution is 0.0949. The van der Waals surface area contributed by atoms with E-state index in [9.17, 15) is 4.79 Å². The fraction of sp³-hybridized carbons (Fsp3) is 0.182. The molecule has 1 amide bonds. The molecule has 0 aliphatic carbocycles. The van der Waals surface area contributed by atoms with E-state index in [1.807, 2.05) is 30.3 Å². The molecular formula is C11H11N7O. The third-order valence-electron chi connectivity index (χ3n) is 2.27. The van der Waals surface area contributed by atoms with Crippen LogP contribution in [0.25, 0.3) is 16.1 Å². The number of azide groups is 1. The van der Waals surface area contributed by atoms with Crippen molar-refractivity contribution in [3.63, 3.8) is 0 Å². The summed E-state index contributed by atoms with van der Waals surface area (Å²) in [6.07, 6.45) is 1.38. The van der Waals surface area contributed by atoms with Crippen LogP contribution in [-0.2, 0) is 0 Å². The molecule has 0 atom stereocenters. The van der Waals surface area contributed by atoms with Crippen LogP contribution in [0.5, 0.6) is 0 Å². The first kappa shape index (κ1) is 12.6. The van der Waals surface area contributed by atoms with Crippen LogP contribution in [0.1, 0.15) is 10.5 Å². The van der Waals surface area contributed by atoms with E-state index < -0.39 is 0 Å². The highest BCUT2D eigenvalue weighted by atomic mass is 16.2. The van der Waals surface area contributed by atoms with Crippen molar-refractivity contribution in [2.24, 2.45) is 5.11 Å². The van der Waals surface area contributed by atoms with Crippen molar-refractivity contribution in [1.82, 2.24) is 20.3 Å². The molecule has 0 aliphatic heterocycles. The molecule has 0 unspecified atom stereocenters. The Morgan fingerprint density at radius 2 is 2.21 bits per heavy atom. The topological polar surface area (TPSA) is 109 Å². The Kier molecular flexibility index (Phi) is 4.09. The van der Waals surface area contributed by atoms with E-state index in [0.29, 0.717) is 0 Å². The Hall–Kier alpha value is -2.86. The Morgan fingerprint density at radius 1 is 1.42 bits per heavy atom. The van der Waals surface area contributed by atoms with Crippen LogP contribution in [0.4, 0.5) is 0 Å². The minimum absolute atomic E-state index is 0.203. The van der Waals surface area contributed by atoms with Crippen LogP contribution in [0.15, 0.2) is 41.6 Å². The zero-order valence-corrected chi connectivity index (χ0v) is 9.97. The van der Waals surface area contributed by atoms with Gasteiger partial charge < -0.3 is 5.32 Å². The number of nitrogens with zero attached hydrogens (tertiary/aromatic N) is 6. The second-order valence-electron chi connectivity index (χ2n) is 3.57. The molecule has 0 saturated carbocycles. The molecule has 2 rings (SSSR count). The SMILES string of the molecule is [N-]=[N+]=NCCNC(=O)c1cnn(-c2ccccc2)n1. The van der Waals surface area contributed by atoms with Crippen molar-refractivity contribution in [3.8, 4) is 5.69 Å². The molecule has 1 aromatic carbocycles. The van der Waals surface area contributed by atoms with Gasteiger partial charge in [-0.15, -0.1) is 5.10 Å². The minimum Gasteiger partial charge on any atom is -0.350 e. The quantitative estimate of drug-likeness (QED) is 0.377. The first-order chi connectivity index (χ1) is 9.31. The number of benzene rings is 1. The van der Waals surface area contributed by atoms with Gasteiger partial charge in [-0.3, -0.25) is 4.79 Å². The van der Waals surface area contributed by atoms with Crippen LogP contribution < -0.4 is 5.32 Å². The molecule has 0 fully saturated rings. The summed E-state index contributed by atoms with van der Waals surface area (Å²) in [4.78, 5) is 15.7. The molecule has 1 aromatic heterocycles. The molecule has 0 aliphatic rings. The number of carbonyl (C=O) groups is 1. The number of amides is 1. The number of aromatic nitrogens is 3. The summed E-state index contributed by atoms with van der Waals surface area (Å²) in [5.41, 5.74) is 9.08. The molecule has 8 nitrogen and oxygen atoms in total. The predicted molar refractivity (Wildman–Crippen MR) is 67.7 cm³/mol. The van der Waals surface area contributed by atoms with Crippen molar-refractivity contribution in [3.05, 3.63) is 52.7 Å². The first-order valence-corrected chi connectivity index (χ1v) is 5.58. The number of para-hydroxylation sites is 1. The van der Waals surface area contributed by atoms with Gasteiger partial charge in [0.15, 0.2) is 5.69 Å². The maximum Gasteiger partial charge on any atom is 0.273 e. The van der Waals surface area contributed by atoms with Gasteiger partial charge in [0.25, 0.3) is 5.91 Å². The molecule has 96 valence electrons. The predicted octanol–water partition coefficient (Wildman–Crippen LogP) is 1.31. The highest BCUT2D eigenvalue weighted by Crippen LogP contribution is 2.03. The van der Waals surface area contributed by atoms with E-state index in [0.717, 1.165) is 5.69 Å². The van der Waals surface area contributed by atoms with Crippen LogP contribution in [0, 0.1) is 0 Å². The van der Waals surface area contributed by atoms with Gasteiger partial charge >= 0.3 is 0 Å². The Bertz CT molecular complexity index is 601. The van der Waals surface area contributed by atoms with Gasteiger partial charge in [-0.25, -0.2) is 0 Å². The van der Waals surface area contributed by atoms with Gasteiger partial charge in [0, 0.05) is 18.0 Å². The Labute approximate surface area is 108 Å². The average molecular weight is 257 g/mol. The van der Waals surface area contributed by atoms with Gasteiger partial charge in [0.2, 0.25) is 0 Å². The molecule has 2 aromatic rings. The van der Waals surface area contributed by atoms with E-state index in [-0.39, 0.29) is 24.7 Å². The van der Waals surface area contributed by atoms with Gasteiger partial charge in [-0.1, -0.05) is 23.3 Å². The normalized spacial score (nSPS) is 9.68. The van der Waals surface area contributed by atoms with E-state index in [2.05, 4.69) is 25.5 Å². The number of hydrogen-bond donors (Lipinski definition) is 1. The second kappa shape index (κ2) is 6.18. The third-order valence-corrected chi connectivity index (χ3v) is 2.27. The zero-order chi connectivity index (χ0) is 13.5. The average Bonchev–Trinajstić information content (AvgIpc) is 2.94. The van der Waals surface area contributed by atoms with Crippen LogP contribution in [-0.4, -0.2) is 34.0 Å². The van der Waals surface area contributed by atoms with Crippen molar-refractivity contribution < 1.29 is 4.79 Å². The molecule has 1 heterocycles. The van der Waals surface area contributed by atoms with Gasteiger partial charge in [-0.05, 0) is 17.7 Å². The maximum atomic E-state index is 11.7. The minimum atomic E-state index is -0.352. The lowest BCUT2D eigenvalue weighted by Gasteiger charge is -1.99. The molecule has 8 heteroatoms. The highest BCUT2D eigenvalue weighted by Gasteiger charge is 2.10. The van der Waals surface area contributed by atoms with Crippen molar-refractivity contribution in [2.45, 2.75) is 0 Å². The van der Waals surface area contributed by atoms with E-state index in [1.54, 1.807) is 0 Å². The Balaban J connectivity index is 2.01. The number of rotatable bonds is 5. The Morgan fingerprint density at radius 3 is 2.95 bits per heavy atom. The van der Waals surface area contributed by atoms with Crippen molar-refractivity contribution in [2.75, 3.05) is 13.1 Å². The van der Waals surface area contributed by atoms with Crippen molar-refractivity contribution >= 4 is 5.91 Å². The fourth-order valence-electron chi connectivity index (χ4n) is 1.41. The monoisotopic (exact) mass is 257 g/mol. The molecule has 1 N–H and O–H groups in total. The number of hydrogen-bond acceptors (Lipinski definition) is 4. The summed E-state index contributed by atoms with van der Waals surface area (Å²) in [6.45, 7) is 0.468. The molecule has 0 spiro atoms. The van der Waals surface area contributed by atoms with Gasteiger partial charge in [0.1, 0.15) is 0 Å². The summed E-state index contributed by atoms with van der Waals surface area (Å²) in [7, 11) is 0. The molecule has 0 radical (unpaired) electrons. The zero-order valence-electron chi connectivity index (χ0n) is 9.97. The van der Waals surface area contributed by atoms with Gasteiger partial charge in [0.05, 0.1) is 11.9 Å². The molecule has 0 saturated heterocycles. The van der Waals surface area contributed by atoms with Crippen LogP contribution in [0.3, 0.4) is 0 Å². The smallest absolute Gasteiger partial charge is 0.273 e. The molecule has 0 bridgehead atoms. The fourth-order valence-corrected chi connectivity index (χ4v) is 1.41. The van der Waals surface area contributed by atoms with E-state index >= 15 is 0 Å².